The highest BCUT2D eigenvalue weighted by molar-refractivity contribution is 6.07. The van der Waals surface area contributed by atoms with E-state index in [0.717, 1.165) is 16.0 Å². The molecule has 0 saturated carbocycles. The smallest absolute Gasteiger partial charge is 0.341 e. The number of nitro groups is 1. The molecule has 1 atom stereocenters. The molecule has 3 heterocycles. The maximum atomic E-state index is 12.0. The number of anilines is 2. The molecule has 0 saturated heterocycles. The summed E-state index contributed by atoms with van der Waals surface area (Å²) in [5, 5.41) is 31.9. The van der Waals surface area contributed by atoms with Crippen LogP contribution in [0.15, 0.2) is 65.1 Å². The van der Waals surface area contributed by atoms with Crippen LogP contribution in [0.25, 0.3) is 6.08 Å². The highest BCUT2D eigenvalue weighted by Crippen LogP contribution is 2.19. The van der Waals surface area contributed by atoms with Gasteiger partial charge in [-0.1, -0.05) is 36.4 Å². The Hall–Kier alpha value is -4.61. The summed E-state index contributed by atoms with van der Waals surface area (Å²) in [5.74, 6) is 6.90. The van der Waals surface area contributed by atoms with Crippen molar-refractivity contribution < 1.29 is 4.92 Å². The van der Waals surface area contributed by atoms with Gasteiger partial charge in [0.1, 0.15) is 12.0 Å². The molecule has 1 unspecified atom stereocenters. The summed E-state index contributed by atoms with van der Waals surface area (Å²) in [6, 6.07) is 13.1. The van der Waals surface area contributed by atoms with Crippen LogP contribution < -0.4 is 21.8 Å². The summed E-state index contributed by atoms with van der Waals surface area (Å²) < 4.78 is 0. The van der Waals surface area contributed by atoms with E-state index < -0.39 is 11.1 Å². The summed E-state index contributed by atoms with van der Waals surface area (Å²) in [6.45, 7) is 3.57. The summed E-state index contributed by atoms with van der Waals surface area (Å²) in [5.41, 5.74) is 2.09. The third-order valence-electron chi connectivity index (χ3n) is 4.54. The Labute approximate surface area is 183 Å². The SMILES string of the molecule is Cc1cc(NC2=NC(/C=C/c3ccccc3)NC(Nc3cc(C)nn3N)=C2[N+](=O)[O-])[nH]n1. The average Bonchev–Trinajstić information content (AvgIpc) is 3.30. The molecule has 3 aromatic rings. The summed E-state index contributed by atoms with van der Waals surface area (Å²) in [6.07, 6.45) is 3.09. The van der Waals surface area contributed by atoms with Crippen LogP contribution in [0.3, 0.4) is 0 Å². The molecule has 1 aliphatic heterocycles. The minimum atomic E-state index is -0.594. The summed E-state index contributed by atoms with van der Waals surface area (Å²) in [4.78, 5) is 17.1. The predicted molar refractivity (Wildman–Crippen MR) is 122 cm³/mol. The maximum absolute atomic E-state index is 12.0. The third-order valence-corrected chi connectivity index (χ3v) is 4.54. The van der Waals surface area contributed by atoms with Crippen molar-refractivity contribution in [3.8, 4) is 0 Å². The van der Waals surface area contributed by atoms with Gasteiger partial charge in [-0.25, -0.2) is 4.99 Å². The number of benzene rings is 1. The first kappa shape index (κ1) is 20.7. The van der Waals surface area contributed by atoms with Crippen molar-refractivity contribution in [1.29, 1.82) is 0 Å². The molecule has 0 bridgehead atoms. The van der Waals surface area contributed by atoms with E-state index in [0.29, 0.717) is 17.3 Å². The van der Waals surface area contributed by atoms with Crippen molar-refractivity contribution >= 4 is 23.5 Å². The van der Waals surface area contributed by atoms with E-state index in [1.165, 1.54) is 0 Å². The minimum Gasteiger partial charge on any atom is -0.341 e. The van der Waals surface area contributed by atoms with Crippen molar-refractivity contribution in [3.63, 3.8) is 0 Å². The second kappa shape index (κ2) is 8.63. The van der Waals surface area contributed by atoms with Crippen molar-refractivity contribution in [1.82, 2.24) is 25.4 Å². The van der Waals surface area contributed by atoms with Crippen molar-refractivity contribution in [2.75, 3.05) is 16.5 Å². The van der Waals surface area contributed by atoms with E-state index in [1.807, 2.05) is 36.4 Å². The Morgan fingerprint density at radius 3 is 2.59 bits per heavy atom. The van der Waals surface area contributed by atoms with Crippen molar-refractivity contribution in [2.24, 2.45) is 4.99 Å². The molecule has 0 fully saturated rings. The van der Waals surface area contributed by atoms with Gasteiger partial charge in [-0.15, -0.1) is 0 Å². The molecule has 1 aromatic carbocycles. The number of rotatable bonds is 6. The first-order valence-corrected chi connectivity index (χ1v) is 9.73. The number of nitrogens with zero attached hydrogens (tertiary/aromatic N) is 5. The molecule has 0 radical (unpaired) electrons. The van der Waals surface area contributed by atoms with Gasteiger partial charge < -0.3 is 21.8 Å². The Kier molecular flexibility index (Phi) is 5.57. The summed E-state index contributed by atoms with van der Waals surface area (Å²) >= 11 is 0. The van der Waals surface area contributed by atoms with E-state index in [9.17, 15) is 10.1 Å². The van der Waals surface area contributed by atoms with Gasteiger partial charge in [-0.3, -0.25) is 15.2 Å². The Morgan fingerprint density at radius 1 is 1.19 bits per heavy atom. The zero-order valence-electron chi connectivity index (χ0n) is 17.4. The molecule has 6 N–H and O–H groups in total. The number of hydrogen-bond donors (Lipinski definition) is 5. The molecule has 32 heavy (non-hydrogen) atoms. The molecule has 12 nitrogen and oxygen atoms in total. The van der Waals surface area contributed by atoms with Gasteiger partial charge >= 0.3 is 5.70 Å². The van der Waals surface area contributed by atoms with Crippen LogP contribution in [-0.2, 0) is 0 Å². The van der Waals surface area contributed by atoms with E-state index in [4.69, 9.17) is 5.84 Å². The highest BCUT2D eigenvalue weighted by atomic mass is 16.6. The maximum Gasteiger partial charge on any atom is 0.351 e. The molecule has 0 aliphatic carbocycles. The number of aryl methyl sites for hydroxylation is 2. The van der Waals surface area contributed by atoms with E-state index in [1.54, 1.807) is 32.1 Å². The first-order chi connectivity index (χ1) is 15.4. The van der Waals surface area contributed by atoms with Crippen LogP contribution in [0, 0.1) is 24.0 Å². The molecular formula is C20H22N10O2. The second-order valence-electron chi connectivity index (χ2n) is 7.11. The van der Waals surface area contributed by atoms with Gasteiger partial charge in [0, 0.05) is 12.1 Å². The molecule has 0 spiro atoms. The Balaban J connectivity index is 1.71. The van der Waals surface area contributed by atoms with Gasteiger partial charge in [0.2, 0.25) is 5.84 Å². The van der Waals surface area contributed by atoms with E-state index in [2.05, 4.69) is 36.2 Å². The minimum absolute atomic E-state index is 0.0578. The molecule has 0 amide bonds. The Bertz CT molecular complexity index is 1220. The monoisotopic (exact) mass is 434 g/mol. The predicted octanol–water partition coefficient (Wildman–Crippen LogP) is 1.95. The number of aromatic amines is 1. The zero-order valence-corrected chi connectivity index (χ0v) is 17.4. The van der Waals surface area contributed by atoms with Gasteiger partial charge in [0.05, 0.1) is 16.3 Å². The van der Waals surface area contributed by atoms with Gasteiger partial charge in [-0.05, 0) is 25.5 Å². The highest BCUT2D eigenvalue weighted by Gasteiger charge is 2.33. The number of amidine groups is 1. The lowest BCUT2D eigenvalue weighted by Crippen LogP contribution is -2.41. The van der Waals surface area contributed by atoms with Crippen LogP contribution in [0.4, 0.5) is 11.6 Å². The van der Waals surface area contributed by atoms with Crippen LogP contribution in [0.5, 0.6) is 0 Å². The van der Waals surface area contributed by atoms with Crippen molar-refractivity contribution in [2.45, 2.75) is 20.0 Å². The van der Waals surface area contributed by atoms with Gasteiger partial charge in [-0.2, -0.15) is 15.0 Å². The number of aliphatic imine (C=N–C) groups is 1. The molecule has 12 heteroatoms. The molecule has 1 aliphatic rings. The van der Waals surface area contributed by atoms with Gasteiger partial charge in [0.15, 0.2) is 11.6 Å². The molecule has 164 valence electrons. The van der Waals surface area contributed by atoms with Crippen LogP contribution in [0.1, 0.15) is 17.0 Å². The molecule has 4 rings (SSSR count). The number of nitrogens with two attached hydrogens (primary N) is 1. The third kappa shape index (κ3) is 4.59. The number of H-pyrrole nitrogens is 1. The Morgan fingerprint density at radius 2 is 1.97 bits per heavy atom. The zero-order chi connectivity index (χ0) is 22.7. The quantitative estimate of drug-likeness (QED) is 0.223. The van der Waals surface area contributed by atoms with Crippen LogP contribution >= 0.6 is 0 Å². The molecular weight excluding hydrogens is 412 g/mol. The summed E-state index contributed by atoms with van der Waals surface area (Å²) in [7, 11) is 0. The fraction of sp³-hybridized carbons (Fsp3) is 0.150. The number of nitrogen functional groups attached to an aromatic ring is 1. The lowest BCUT2D eigenvalue weighted by molar-refractivity contribution is -0.416. The first-order valence-electron chi connectivity index (χ1n) is 9.73. The number of nitrogens with one attached hydrogen (secondary N) is 4. The van der Waals surface area contributed by atoms with E-state index >= 15 is 0 Å². The van der Waals surface area contributed by atoms with Gasteiger partial charge in [0.25, 0.3) is 0 Å². The van der Waals surface area contributed by atoms with E-state index in [-0.39, 0.29) is 17.4 Å². The standard InChI is InChI=1S/C20H22N10O2/c1-12-10-16(27-26-12)24-19-18(30(31)32)20(25-17-11-13(2)28-29(17)21)23-15(22-19)9-8-14-6-4-3-5-7-14/h3-11,15,23,25H,21H2,1-2H3,(H2,22,24,26,27)/b9-8+. The fourth-order valence-corrected chi connectivity index (χ4v) is 3.14. The van der Waals surface area contributed by atoms with Crippen LogP contribution in [0.2, 0.25) is 0 Å². The lowest BCUT2D eigenvalue weighted by atomic mass is 10.2. The second-order valence-corrected chi connectivity index (χ2v) is 7.11. The largest absolute Gasteiger partial charge is 0.351 e. The topological polar surface area (TPSA) is 164 Å². The number of hydrogen-bond acceptors (Lipinski definition) is 9. The van der Waals surface area contributed by atoms with Crippen LogP contribution in [-0.4, -0.2) is 37.0 Å². The lowest BCUT2D eigenvalue weighted by Gasteiger charge is -2.23. The van der Waals surface area contributed by atoms with Crippen molar-refractivity contribution in [3.05, 3.63) is 87.1 Å². The average molecular weight is 434 g/mol. The normalized spacial score (nSPS) is 16.1. The molecule has 2 aromatic heterocycles. The number of aromatic nitrogens is 4. The fourth-order valence-electron chi connectivity index (χ4n) is 3.14.